The Morgan fingerprint density at radius 2 is 1.89 bits per heavy atom. The van der Waals surface area contributed by atoms with Crippen LogP contribution in [0.5, 0.6) is 0 Å². The van der Waals surface area contributed by atoms with Gasteiger partial charge in [0.15, 0.2) is 0 Å². The van der Waals surface area contributed by atoms with Gasteiger partial charge in [0.05, 0.1) is 0 Å². The smallest absolute Gasteiger partial charge is 0.329 e. The van der Waals surface area contributed by atoms with Crippen LogP contribution in [0.1, 0.15) is 32.1 Å². The van der Waals surface area contributed by atoms with E-state index in [1.54, 1.807) is 11.9 Å². The first-order valence-electron chi connectivity index (χ1n) is 7.02. The number of nitrogens with zero attached hydrogens (tertiary/aromatic N) is 2. The molecule has 6 nitrogen and oxygen atoms in total. The summed E-state index contributed by atoms with van der Waals surface area (Å²) >= 11 is 0. The van der Waals surface area contributed by atoms with E-state index in [0.29, 0.717) is 19.4 Å². The van der Waals surface area contributed by atoms with E-state index in [9.17, 15) is 14.7 Å². The molecular weight excluding hydrogens is 246 g/mol. The number of rotatable bonds is 5. The zero-order chi connectivity index (χ0) is 13.9. The second kappa shape index (κ2) is 5.77. The fourth-order valence-corrected chi connectivity index (χ4v) is 2.62. The van der Waals surface area contributed by atoms with Gasteiger partial charge in [0, 0.05) is 20.1 Å². The molecule has 1 aliphatic heterocycles. The molecule has 2 amide bonds. The van der Waals surface area contributed by atoms with Crippen LogP contribution in [0.4, 0.5) is 4.79 Å². The van der Waals surface area contributed by atoms with Gasteiger partial charge in [0.1, 0.15) is 5.54 Å². The number of carboxylic acids is 1. The number of carbonyl (C=O) groups is 2. The van der Waals surface area contributed by atoms with Crippen molar-refractivity contribution in [2.24, 2.45) is 0 Å². The van der Waals surface area contributed by atoms with Crippen LogP contribution in [0.3, 0.4) is 0 Å². The summed E-state index contributed by atoms with van der Waals surface area (Å²) < 4.78 is 0. The third-order valence-electron chi connectivity index (χ3n) is 4.26. The van der Waals surface area contributed by atoms with Gasteiger partial charge in [-0.15, -0.1) is 0 Å². The van der Waals surface area contributed by atoms with Crippen molar-refractivity contribution in [3.05, 3.63) is 0 Å². The van der Waals surface area contributed by atoms with Gasteiger partial charge in [0.2, 0.25) is 0 Å². The topological polar surface area (TPSA) is 72.9 Å². The van der Waals surface area contributed by atoms with Crippen molar-refractivity contribution in [1.29, 1.82) is 0 Å². The Labute approximate surface area is 113 Å². The first kappa shape index (κ1) is 14.1. The van der Waals surface area contributed by atoms with Crippen molar-refractivity contribution in [1.82, 2.24) is 15.1 Å². The molecule has 108 valence electrons. The van der Waals surface area contributed by atoms with Crippen molar-refractivity contribution in [3.63, 3.8) is 0 Å². The molecule has 0 radical (unpaired) electrons. The maximum Gasteiger partial charge on any atom is 0.329 e. The van der Waals surface area contributed by atoms with E-state index in [-0.39, 0.29) is 6.03 Å². The van der Waals surface area contributed by atoms with Crippen LogP contribution in [0.15, 0.2) is 0 Å². The first-order valence-corrected chi connectivity index (χ1v) is 7.02. The zero-order valence-electron chi connectivity index (χ0n) is 11.5. The lowest BCUT2D eigenvalue weighted by Gasteiger charge is -2.39. The molecule has 2 N–H and O–H groups in total. The predicted molar refractivity (Wildman–Crippen MR) is 71.1 cm³/mol. The number of likely N-dealkylation sites (N-methyl/N-ethyl adjacent to an activating group) is 1. The van der Waals surface area contributed by atoms with Crippen LogP contribution in [0.25, 0.3) is 0 Å². The predicted octanol–water partition coefficient (Wildman–Crippen LogP) is 0.731. The average molecular weight is 269 g/mol. The maximum atomic E-state index is 12.0. The Hall–Kier alpha value is -1.30. The molecule has 6 heteroatoms. The molecule has 19 heavy (non-hydrogen) atoms. The second-order valence-electron chi connectivity index (χ2n) is 5.64. The summed E-state index contributed by atoms with van der Waals surface area (Å²) in [7, 11) is 1.72. The highest BCUT2D eigenvalue weighted by molar-refractivity contribution is 5.87. The zero-order valence-corrected chi connectivity index (χ0v) is 11.5. The van der Waals surface area contributed by atoms with E-state index in [1.165, 1.54) is 12.8 Å². The minimum absolute atomic E-state index is 0.277. The number of carbonyl (C=O) groups excluding carboxylic acids is 1. The van der Waals surface area contributed by atoms with Crippen LogP contribution >= 0.6 is 0 Å². The summed E-state index contributed by atoms with van der Waals surface area (Å²) in [4.78, 5) is 27.1. The van der Waals surface area contributed by atoms with Gasteiger partial charge >= 0.3 is 12.0 Å². The van der Waals surface area contributed by atoms with E-state index in [1.807, 2.05) is 0 Å². The van der Waals surface area contributed by atoms with Gasteiger partial charge in [-0.1, -0.05) is 0 Å². The Balaban J connectivity index is 1.76. The minimum atomic E-state index is -1.01. The molecule has 1 heterocycles. The molecule has 0 spiro atoms. The number of aliphatic carboxylic acids is 1. The quantitative estimate of drug-likeness (QED) is 0.772. The summed E-state index contributed by atoms with van der Waals surface area (Å²) in [5.41, 5.74) is -1.01. The van der Waals surface area contributed by atoms with Crippen LogP contribution in [-0.4, -0.2) is 65.7 Å². The fraction of sp³-hybridized carbons (Fsp3) is 0.846. The van der Waals surface area contributed by atoms with Crippen molar-refractivity contribution in [2.75, 3.05) is 33.2 Å². The number of hydrogen-bond acceptors (Lipinski definition) is 3. The number of urea groups is 1. The summed E-state index contributed by atoms with van der Waals surface area (Å²) in [5.74, 6) is -0.917. The molecule has 0 aromatic rings. The van der Waals surface area contributed by atoms with E-state index < -0.39 is 11.5 Å². The number of nitrogens with one attached hydrogen (secondary N) is 1. The molecule has 1 saturated heterocycles. The minimum Gasteiger partial charge on any atom is -0.480 e. The molecule has 1 aliphatic carbocycles. The van der Waals surface area contributed by atoms with Gasteiger partial charge in [-0.05, 0) is 45.2 Å². The number of carboxylic acid groups (broad SMARTS) is 1. The van der Waals surface area contributed by atoms with E-state index in [0.717, 1.165) is 26.1 Å². The summed E-state index contributed by atoms with van der Waals surface area (Å²) in [6.07, 6.45) is 4.40. The van der Waals surface area contributed by atoms with Gasteiger partial charge < -0.3 is 20.2 Å². The highest BCUT2D eigenvalue weighted by Gasteiger charge is 2.46. The normalized spacial score (nSPS) is 21.7. The van der Waals surface area contributed by atoms with Gasteiger partial charge in [-0.25, -0.2) is 9.59 Å². The second-order valence-corrected chi connectivity index (χ2v) is 5.64. The van der Waals surface area contributed by atoms with E-state index >= 15 is 0 Å². The van der Waals surface area contributed by atoms with E-state index in [4.69, 9.17) is 0 Å². The molecule has 2 rings (SSSR count). The Morgan fingerprint density at radius 3 is 2.37 bits per heavy atom. The number of amides is 2. The van der Waals surface area contributed by atoms with Crippen LogP contribution < -0.4 is 5.32 Å². The largest absolute Gasteiger partial charge is 0.480 e. The summed E-state index contributed by atoms with van der Waals surface area (Å²) in [6.45, 7) is 3.72. The number of likely N-dealkylation sites (tertiary alicyclic amines) is 1. The van der Waals surface area contributed by atoms with Crippen molar-refractivity contribution < 1.29 is 14.7 Å². The van der Waals surface area contributed by atoms with Gasteiger partial charge in [0.25, 0.3) is 0 Å². The van der Waals surface area contributed by atoms with Crippen molar-refractivity contribution in [2.45, 2.75) is 37.6 Å². The molecule has 1 saturated carbocycles. The summed E-state index contributed by atoms with van der Waals surface area (Å²) in [6, 6.07) is -0.277. The van der Waals surface area contributed by atoms with Crippen molar-refractivity contribution in [3.8, 4) is 0 Å². The lowest BCUT2D eigenvalue weighted by Crippen LogP contribution is -2.61. The van der Waals surface area contributed by atoms with E-state index in [2.05, 4.69) is 10.2 Å². The molecule has 0 aromatic carbocycles. The van der Waals surface area contributed by atoms with Crippen LogP contribution in [0, 0.1) is 0 Å². The van der Waals surface area contributed by atoms with Gasteiger partial charge in [-0.2, -0.15) is 0 Å². The highest BCUT2D eigenvalue weighted by atomic mass is 16.4. The lowest BCUT2D eigenvalue weighted by atomic mass is 9.77. The van der Waals surface area contributed by atoms with Crippen LogP contribution in [0.2, 0.25) is 0 Å². The molecule has 0 aromatic heterocycles. The lowest BCUT2D eigenvalue weighted by molar-refractivity contribution is -0.148. The van der Waals surface area contributed by atoms with Crippen molar-refractivity contribution >= 4 is 12.0 Å². The SMILES string of the molecule is CN(CCN1CCCC1)C(=O)NC1(C(=O)O)CCC1. The molecular formula is C13H23N3O3. The Bertz CT molecular complexity index is 349. The molecule has 0 unspecified atom stereocenters. The molecule has 2 aliphatic rings. The molecule has 0 atom stereocenters. The average Bonchev–Trinajstić information content (AvgIpc) is 2.82. The third kappa shape index (κ3) is 3.18. The third-order valence-corrected chi connectivity index (χ3v) is 4.26. The van der Waals surface area contributed by atoms with Crippen LogP contribution in [-0.2, 0) is 4.79 Å². The maximum absolute atomic E-state index is 12.0. The highest BCUT2D eigenvalue weighted by Crippen LogP contribution is 2.32. The molecule has 0 bridgehead atoms. The monoisotopic (exact) mass is 269 g/mol. The Morgan fingerprint density at radius 1 is 1.26 bits per heavy atom. The standard InChI is InChI=1S/C13H23N3O3/c1-15(9-10-16-7-2-3-8-16)12(19)14-13(11(17)18)5-4-6-13/h2-10H2,1H3,(H,14,19)(H,17,18). The molecule has 2 fully saturated rings. The summed E-state index contributed by atoms with van der Waals surface area (Å²) in [5, 5.41) is 11.8. The first-order chi connectivity index (χ1) is 9.03. The Kier molecular flexibility index (Phi) is 4.29. The number of hydrogen-bond donors (Lipinski definition) is 2. The van der Waals surface area contributed by atoms with Gasteiger partial charge in [-0.3, -0.25) is 0 Å². The fourth-order valence-electron chi connectivity index (χ4n) is 2.62.